The lowest BCUT2D eigenvalue weighted by atomic mass is 10.2. The lowest BCUT2D eigenvalue weighted by Gasteiger charge is -2.17. The van der Waals surface area contributed by atoms with Crippen molar-refractivity contribution in [2.24, 2.45) is 0 Å². The summed E-state index contributed by atoms with van der Waals surface area (Å²) in [5.41, 5.74) is 7.16. The molecule has 0 aliphatic carbocycles. The van der Waals surface area contributed by atoms with Crippen molar-refractivity contribution < 1.29 is 9.53 Å². The highest BCUT2D eigenvalue weighted by atomic mass is 16.5. The van der Waals surface area contributed by atoms with E-state index in [-0.39, 0.29) is 12.5 Å². The number of aromatic nitrogens is 2. The summed E-state index contributed by atoms with van der Waals surface area (Å²) in [7, 11) is 3.39. The first kappa shape index (κ1) is 13.9. The number of hydrogen-bond acceptors (Lipinski definition) is 4. The third-order valence-electron chi connectivity index (χ3n) is 2.96. The predicted molar refractivity (Wildman–Crippen MR) is 76.1 cm³/mol. The SMILES string of the molecule is COc1ccc(CN(C)C(=O)Cn2cc(N)cn2)cc1. The molecule has 1 aromatic heterocycles. The van der Waals surface area contributed by atoms with Crippen molar-refractivity contribution in [3.8, 4) is 5.75 Å². The van der Waals surface area contributed by atoms with Crippen molar-refractivity contribution in [3.05, 3.63) is 42.2 Å². The van der Waals surface area contributed by atoms with Gasteiger partial charge < -0.3 is 15.4 Å². The van der Waals surface area contributed by atoms with Crippen LogP contribution in [0.25, 0.3) is 0 Å². The number of nitrogens with two attached hydrogens (primary N) is 1. The number of hydrogen-bond donors (Lipinski definition) is 1. The van der Waals surface area contributed by atoms with Gasteiger partial charge in [0.05, 0.1) is 19.0 Å². The van der Waals surface area contributed by atoms with Crippen LogP contribution in [0.2, 0.25) is 0 Å². The van der Waals surface area contributed by atoms with Gasteiger partial charge in [-0.3, -0.25) is 9.48 Å². The molecule has 0 bridgehead atoms. The maximum absolute atomic E-state index is 12.0. The number of carbonyl (C=O) groups excluding carboxylic acids is 1. The van der Waals surface area contributed by atoms with E-state index < -0.39 is 0 Å². The molecule has 1 amide bonds. The molecule has 20 heavy (non-hydrogen) atoms. The molecule has 0 aliphatic rings. The van der Waals surface area contributed by atoms with Crippen LogP contribution >= 0.6 is 0 Å². The van der Waals surface area contributed by atoms with Gasteiger partial charge in [0, 0.05) is 19.8 Å². The van der Waals surface area contributed by atoms with Gasteiger partial charge in [0.2, 0.25) is 5.91 Å². The Hall–Kier alpha value is -2.50. The van der Waals surface area contributed by atoms with E-state index in [9.17, 15) is 4.79 Å². The van der Waals surface area contributed by atoms with E-state index >= 15 is 0 Å². The molecule has 2 aromatic rings. The Balaban J connectivity index is 1.92. The van der Waals surface area contributed by atoms with E-state index in [0.29, 0.717) is 12.2 Å². The zero-order valence-corrected chi connectivity index (χ0v) is 11.6. The summed E-state index contributed by atoms with van der Waals surface area (Å²) in [6.45, 7) is 0.726. The molecule has 0 unspecified atom stereocenters. The van der Waals surface area contributed by atoms with Gasteiger partial charge in [-0.1, -0.05) is 12.1 Å². The molecule has 0 saturated heterocycles. The number of anilines is 1. The maximum Gasteiger partial charge on any atom is 0.244 e. The molecule has 2 N–H and O–H groups in total. The number of ether oxygens (including phenoxy) is 1. The van der Waals surface area contributed by atoms with Crippen molar-refractivity contribution in [3.63, 3.8) is 0 Å². The van der Waals surface area contributed by atoms with E-state index in [2.05, 4.69) is 5.10 Å². The number of nitrogen functional groups attached to an aromatic ring is 1. The standard InChI is InChI=1S/C14H18N4O2/c1-17(8-11-3-5-13(20-2)6-4-11)14(19)10-18-9-12(15)7-16-18/h3-7,9H,8,10,15H2,1-2H3. The molecule has 0 spiro atoms. The van der Waals surface area contributed by atoms with Crippen LogP contribution in [0.4, 0.5) is 5.69 Å². The molecule has 0 atom stereocenters. The van der Waals surface area contributed by atoms with Crippen molar-refractivity contribution in [1.82, 2.24) is 14.7 Å². The van der Waals surface area contributed by atoms with Crippen molar-refractivity contribution in [2.45, 2.75) is 13.1 Å². The summed E-state index contributed by atoms with van der Waals surface area (Å²) in [6.07, 6.45) is 3.16. The summed E-state index contributed by atoms with van der Waals surface area (Å²) in [5, 5.41) is 4.00. The van der Waals surface area contributed by atoms with Crippen molar-refractivity contribution in [2.75, 3.05) is 19.9 Å². The van der Waals surface area contributed by atoms with E-state index in [1.807, 2.05) is 24.3 Å². The molecule has 6 nitrogen and oxygen atoms in total. The van der Waals surface area contributed by atoms with Crippen LogP contribution in [-0.4, -0.2) is 34.7 Å². The number of likely N-dealkylation sites (N-methyl/N-ethyl adjacent to an activating group) is 1. The van der Waals surface area contributed by atoms with Crippen LogP contribution in [0.3, 0.4) is 0 Å². The van der Waals surface area contributed by atoms with Crippen LogP contribution in [-0.2, 0) is 17.9 Å². The summed E-state index contributed by atoms with van der Waals surface area (Å²) in [4.78, 5) is 13.7. The highest BCUT2D eigenvalue weighted by Crippen LogP contribution is 2.12. The average molecular weight is 274 g/mol. The fourth-order valence-corrected chi connectivity index (χ4v) is 1.82. The second kappa shape index (κ2) is 6.10. The largest absolute Gasteiger partial charge is 0.497 e. The molecule has 0 radical (unpaired) electrons. The summed E-state index contributed by atoms with van der Waals surface area (Å²) < 4.78 is 6.63. The van der Waals surface area contributed by atoms with Gasteiger partial charge in [-0.25, -0.2) is 0 Å². The minimum atomic E-state index is -0.0241. The lowest BCUT2D eigenvalue weighted by Crippen LogP contribution is -2.29. The first-order valence-corrected chi connectivity index (χ1v) is 6.23. The molecular formula is C14H18N4O2. The first-order chi connectivity index (χ1) is 9.58. The first-order valence-electron chi connectivity index (χ1n) is 6.23. The Morgan fingerprint density at radius 2 is 2.10 bits per heavy atom. The molecule has 1 aromatic carbocycles. The molecule has 2 rings (SSSR count). The van der Waals surface area contributed by atoms with Crippen LogP contribution < -0.4 is 10.5 Å². The maximum atomic E-state index is 12.0. The number of benzene rings is 1. The van der Waals surface area contributed by atoms with Crippen LogP contribution in [0, 0.1) is 0 Å². The Labute approximate surface area is 117 Å². The number of carbonyl (C=O) groups is 1. The Kier molecular flexibility index (Phi) is 4.24. The average Bonchev–Trinajstić information content (AvgIpc) is 2.85. The number of amides is 1. The molecular weight excluding hydrogens is 256 g/mol. The molecule has 106 valence electrons. The second-order valence-electron chi connectivity index (χ2n) is 4.57. The van der Waals surface area contributed by atoms with Crippen LogP contribution in [0.5, 0.6) is 5.75 Å². The zero-order valence-electron chi connectivity index (χ0n) is 11.6. The second-order valence-corrected chi connectivity index (χ2v) is 4.57. The van der Waals surface area contributed by atoms with E-state index in [1.165, 1.54) is 10.9 Å². The molecule has 0 saturated carbocycles. The smallest absolute Gasteiger partial charge is 0.244 e. The molecule has 0 fully saturated rings. The highest BCUT2D eigenvalue weighted by Gasteiger charge is 2.10. The highest BCUT2D eigenvalue weighted by molar-refractivity contribution is 5.75. The van der Waals surface area contributed by atoms with Gasteiger partial charge in [0.15, 0.2) is 0 Å². The monoisotopic (exact) mass is 274 g/mol. The van der Waals surface area contributed by atoms with Crippen molar-refractivity contribution in [1.29, 1.82) is 0 Å². The number of methoxy groups -OCH3 is 1. The Morgan fingerprint density at radius 3 is 2.65 bits per heavy atom. The van der Waals surface area contributed by atoms with Gasteiger partial charge >= 0.3 is 0 Å². The van der Waals surface area contributed by atoms with E-state index in [4.69, 9.17) is 10.5 Å². The lowest BCUT2D eigenvalue weighted by molar-refractivity contribution is -0.131. The predicted octanol–water partition coefficient (Wildman–Crippen LogP) is 1.13. The quantitative estimate of drug-likeness (QED) is 0.887. The third kappa shape index (κ3) is 3.50. The topological polar surface area (TPSA) is 73.4 Å². The van der Waals surface area contributed by atoms with Gasteiger partial charge in [-0.15, -0.1) is 0 Å². The minimum absolute atomic E-state index is 0.0241. The van der Waals surface area contributed by atoms with Gasteiger partial charge in [-0.2, -0.15) is 5.10 Å². The normalized spacial score (nSPS) is 10.3. The summed E-state index contributed by atoms with van der Waals surface area (Å²) in [5.74, 6) is 0.777. The number of nitrogens with zero attached hydrogens (tertiary/aromatic N) is 3. The third-order valence-corrected chi connectivity index (χ3v) is 2.96. The zero-order chi connectivity index (χ0) is 14.5. The Morgan fingerprint density at radius 1 is 1.40 bits per heavy atom. The van der Waals surface area contributed by atoms with Gasteiger partial charge in [0.25, 0.3) is 0 Å². The van der Waals surface area contributed by atoms with Crippen molar-refractivity contribution >= 4 is 11.6 Å². The van der Waals surface area contributed by atoms with E-state index in [0.717, 1.165) is 11.3 Å². The fourth-order valence-electron chi connectivity index (χ4n) is 1.82. The Bertz CT molecular complexity index is 577. The summed E-state index contributed by atoms with van der Waals surface area (Å²) in [6, 6.07) is 7.63. The number of rotatable bonds is 5. The van der Waals surface area contributed by atoms with Gasteiger partial charge in [0.1, 0.15) is 12.3 Å². The molecule has 6 heteroatoms. The van der Waals surface area contributed by atoms with E-state index in [1.54, 1.807) is 25.3 Å². The molecule has 0 aliphatic heterocycles. The fraction of sp³-hybridized carbons (Fsp3) is 0.286. The molecule has 1 heterocycles. The summed E-state index contributed by atoms with van der Waals surface area (Å²) >= 11 is 0. The van der Waals surface area contributed by atoms with Gasteiger partial charge in [-0.05, 0) is 17.7 Å². The minimum Gasteiger partial charge on any atom is -0.497 e. The van der Waals surface area contributed by atoms with Crippen LogP contribution in [0.1, 0.15) is 5.56 Å². The van der Waals surface area contributed by atoms with Crippen LogP contribution in [0.15, 0.2) is 36.7 Å².